The molecule has 0 aromatic heterocycles. The molecule has 0 unspecified atom stereocenters. The molecule has 3 atom stereocenters. The van der Waals surface area contributed by atoms with Crippen LogP contribution in [0.15, 0.2) is 0 Å². The summed E-state index contributed by atoms with van der Waals surface area (Å²) in [6.07, 6.45) is 7.85. The molecule has 1 saturated heterocycles. The molecule has 1 spiro atoms. The number of aliphatic hydroxyl groups is 1. The van der Waals surface area contributed by atoms with Crippen molar-refractivity contribution in [1.82, 2.24) is 10.6 Å². The Labute approximate surface area is 115 Å². The highest BCUT2D eigenvalue weighted by Crippen LogP contribution is 2.58. The second-order valence-corrected chi connectivity index (χ2v) is 6.71. The number of piperidine rings is 1. The molecule has 19 heavy (non-hydrogen) atoms. The predicted molar refractivity (Wildman–Crippen MR) is 73.6 cm³/mol. The SMILES string of the molecule is O=C(N[C@@H]1CCCC[C@@H]1CO)[C@H]1CC12CCNCC2. The highest BCUT2D eigenvalue weighted by Gasteiger charge is 2.57. The lowest BCUT2D eigenvalue weighted by Crippen LogP contribution is -2.45. The molecule has 0 radical (unpaired) electrons. The zero-order valence-corrected chi connectivity index (χ0v) is 11.7. The average Bonchev–Trinajstić information content (AvgIpc) is 3.14. The van der Waals surface area contributed by atoms with E-state index in [1.165, 1.54) is 12.8 Å². The molecule has 3 rings (SSSR count). The van der Waals surface area contributed by atoms with Gasteiger partial charge in [-0.15, -0.1) is 0 Å². The smallest absolute Gasteiger partial charge is 0.223 e. The van der Waals surface area contributed by atoms with E-state index in [-0.39, 0.29) is 30.4 Å². The number of carbonyl (C=O) groups excluding carboxylic acids is 1. The lowest BCUT2D eigenvalue weighted by Gasteiger charge is -2.31. The molecule has 2 saturated carbocycles. The monoisotopic (exact) mass is 266 g/mol. The highest BCUT2D eigenvalue weighted by atomic mass is 16.3. The van der Waals surface area contributed by atoms with E-state index in [0.717, 1.165) is 45.2 Å². The van der Waals surface area contributed by atoms with Crippen molar-refractivity contribution in [2.45, 2.75) is 51.0 Å². The van der Waals surface area contributed by atoms with Crippen LogP contribution in [0.4, 0.5) is 0 Å². The van der Waals surface area contributed by atoms with E-state index in [0.29, 0.717) is 5.41 Å². The van der Waals surface area contributed by atoms with Gasteiger partial charge in [0.25, 0.3) is 0 Å². The number of rotatable bonds is 3. The van der Waals surface area contributed by atoms with E-state index in [2.05, 4.69) is 10.6 Å². The Kier molecular flexibility index (Phi) is 3.81. The van der Waals surface area contributed by atoms with Crippen molar-refractivity contribution in [2.75, 3.05) is 19.7 Å². The summed E-state index contributed by atoms with van der Waals surface area (Å²) in [6, 6.07) is 0.214. The van der Waals surface area contributed by atoms with Crippen LogP contribution in [0.5, 0.6) is 0 Å². The molecule has 4 nitrogen and oxygen atoms in total. The van der Waals surface area contributed by atoms with Gasteiger partial charge in [-0.1, -0.05) is 12.8 Å². The third-order valence-electron chi connectivity index (χ3n) is 5.58. The van der Waals surface area contributed by atoms with Crippen LogP contribution in [0.2, 0.25) is 0 Å². The predicted octanol–water partition coefficient (Wildman–Crippen LogP) is 1.04. The van der Waals surface area contributed by atoms with Gasteiger partial charge in [0.1, 0.15) is 0 Å². The number of amides is 1. The van der Waals surface area contributed by atoms with Crippen molar-refractivity contribution >= 4 is 5.91 Å². The van der Waals surface area contributed by atoms with Gasteiger partial charge in [0.15, 0.2) is 0 Å². The maximum atomic E-state index is 12.4. The fraction of sp³-hybridized carbons (Fsp3) is 0.933. The molecule has 3 aliphatic rings. The molecule has 1 aliphatic heterocycles. The summed E-state index contributed by atoms with van der Waals surface area (Å²) < 4.78 is 0. The van der Waals surface area contributed by atoms with E-state index in [4.69, 9.17) is 0 Å². The van der Waals surface area contributed by atoms with E-state index in [9.17, 15) is 9.90 Å². The van der Waals surface area contributed by atoms with Gasteiger partial charge in [-0.25, -0.2) is 0 Å². The molecule has 1 heterocycles. The first-order valence-corrected chi connectivity index (χ1v) is 7.87. The Morgan fingerprint density at radius 1 is 1.26 bits per heavy atom. The number of aliphatic hydroxyl groups excluding tert-OH is 1. The van der Waals surface area contributed by atoms with Crippen LogP contribution in [0.1, 0.15) is 44.9 Å². The molecule has 4 heteroatoms. The average molecular weight is 266 g/mol. The Bertz CT molecular complexity index is 339. The molecule has 3 N–H and O–H groups in total. The standard InChI is InChI=1S/C15H26N2O2/c18-10-11-3-1-2-4-13(11)17-14(19)12-9-15(12)5-7-16-8-6-15/h11-13,16,18H,1-10H2,(H,17,19)/t11-,12-,13-/m1/s1. The Balaban J connectivity index is 1.54. The van der Waals surface area contributed by atoms with Crippen LogP contribution >= 0.6 is 0 Å². The van der Waals surface area contributed by atoms with Crippen LogP contribution in [0, 0.1) is 17.3 Å². The van der Waals surface area contributed by atoms with Crippen LogP contribution in [-0.4, -0.2) is 36.8 Å². The summed E-state index contributed by atoms with van der Waals surface area (Å²) >= 11 is 0. The number of nitrogens with one attached hydrogen (secondary N) is 2. The van der Waals surface area contributed by atoms with Crippen molar-refractivity contribution in [2.24, 2.45) is 17.3 Å². The van der Waals surface area contributed by atoms with Crippen molar-refractivity contribution in [1.29, 1.82) is 0 Å². The zero-order chi connectivity index (χ0) is 13.3. The van der Waals surface area contributed by atoms with Crippen LogP contribution in [0.25, 0.3) is 0 Å². The quantitative estimate of drug-likeness (QED) is 0.715. The summed E-state index contributed by atoms with van der Waals surface area (Å²) in [5, 5.41) is 16.0. The summed E-state index contributed by atoms with van der Waals surface area (Å²) in [7, 11) is 0. The number of carbonyl (C=O) groups is 1. The summed E-state index contributed by atoms with van der Waals surface area (Å²) in [5.41, 5.74) is 0.318. The van der Waals surface area contributed by atoms with Gasteiger partial charge in [0, 0.05) is 24.5 Å². The van der Waals surface area contributed by atoms with Gasteiger partial charge in [-0.05, 0) is 50.6 Å². The molecule has 0 bridgehead atoms. The van der Waals surface area contributed by atoms with Gasteiger partial charge in [0.05, 0.1) is 0 Å². The fourth-order valence-electron chi connectivity index (χ4n) is 4.10. The normalized spacial score (nSPS) is 37.0. The van der Waals surface area contributed by atoms with Gasteiger partial charge < -0.3 is 15.7 Å². The van der Waals surface area contributed by atoms with Crippen LogP contribution < -0.4 is 10.6 Å². The Morgan fingerprint density at radius 3 is 2.74 bits per heavy atom. The lowest BCUT2D eigenvalue weighted by atomic mass is 9.84. The number of hydrogen-bond acceptors (Lipinski definition) is 3. The second-order valence-electron chi connectivity index (χ2n) is 6.71. The van der Waals surface area contributed by atoms with Gasteiger partial charge in [-0.2, -0.15) is 0 Å². The van der Waals surface area contributed by atoms with Crippen molar-refractivity contribution in [3.63, 3.8) is 0 Å². The Morgan fingerprint density at radius 2 is 2.00 bits per heavy atom. The molecule has 2 aliphatic carbocycles. The summed E-state index contributed by atoms with van der Waals surface area (Å²) in [6.45, 7) is 2.34. The van der Waals surface area contributed by atoms with Crippen molar-refractivity contribution < 1.29 is 9.90 Å². The van der Waals surface area contributed by atoms with Crippen LogP contribution in [0.3, 0.4) is 0 Å². The van der Waals surface area contributed by atoms with Gasteiger partial charge in [-0.3, -0.25) is 4.79 Å². The van der Waals surface area contributed by atoms with E-state index in [1.807, 2.05) is 0 Å². The number of hydrogen-bond donors (Lipinski definition) is 3. The second kappa shape index (κ2) is 5.41. The fourth-order valence-corrected chi connectivity index (χ4v) is 4.10. The topological polar surface area (TPSA) is 61.4 Å². The molecule has 0 aromatic rings. The highest BCUT2D eigenvalue weighted by molar-refractivity contribution is 5.83. The third-order valence-corrected chi connectivity index (χ3v) is 5.58. The van der Waals surface area contributed by atoms with Crippen molar-refractivity contribution in [3.05, 3.63) is 0 Å². The largest absolute Gasteiger partial charge is 0.396 e. The molecule has 1 amide bonds. The first kappa shape index (κ1) is 13.4. The Hall–Kier alpha value is -0.610. The van der Waals surface area contributed by atoms with E-state index >= 15 is 0 Å². The minimum atomic E-state index is 0.213. The lowest BCUT2D eigenvalue weighted by molar-refractivity contribution is -0.124. The van der Waals surface area contributed by atoms with E-state index < -0.39 is 0 Å². The van der Waals surface area contributed by atoms with Gasteiger partial charge >= 0.3 is 0 Å². The minimum absolute atomic E-state index is 0.213. The van der Waals surface area contributed by atoms with Crippen molar-refractivity contribution in [3.8, 4) is 0 Å². The zero-order valence-electron chi connectivity index (χ0n) is 11.7. The third kappa shape index (κ3) is 2.65. The molecule has 108 valence electrons. The first-order valence-electron chi connectivity index (χ1n) is 7.87. The maximum absolute atomic E-state index is 12.4. The molecular weight excluding hydrogens is 240 g/mol. The van der Waals surface area contributed by atoms with Crippen LogP contribution in [-0.2, 0) is 4.79 Å². The molecule has 3 fully saturated rings. The molecule has 0 aromatic carbocycles. The van der Waals surface area contributed by atoms with Gasteiger partial charge in [0.2, 0.25) is 5.91 Å². The minimum Gasteiger partial charge on any atom is -0.396 e. The summed E-state index contributed by atoms with van der Waals surface area (Å²) in [5.74, 6) is 0.781. The van der Waals surface area contributed by atoms with E-state index in [1.54, 1.807) is 0 Å². The molecular formula is C15H26N2O2. The summed E-state index contributed by atoms with van der Waals surface area (Å²) in [4.78, 5) is 12.4. The first-order chi connectivity index (χ1) is 9.25. The maximum Gasteiger partial charge on any atom is 0.223 e.